The predicted molar refractivity (Wildman–Crippen MR) is 62.8 cm³/mol. The highest BCUT2D eigenvalue weighted by Crippen LogP contribution is 2.34. The highest BCUT2D eigenvalue weighted by molar-refractivity contribution is 6.35. The molecule has 0 atom stereocenters. The summed E-state index contributed by atoms with van der Waals surface area (Å²) in [4.78, 5) is 11.8. The van der Waals surface area contributed by atoms with E-state index in [9.17, 15) is 4.79 Å². The quantitative estimate of drug-likeness (QED) is 0.717. The van der Waals surface area contributed by atoms with Crippen molar-refractivity contribution in [3.8, 4) is 0 Å². The van der Waals surface area contributed by atoms with Crippen molar-refractivity contribution in [2.45, 2.75) is 25.7 Å². The summed E-state index contributed by atoms with van der Waals surface area (Å²) in [6.45, 7) is 0. The van der Waals surface area contributed by atoms with Crippen molar-refractivity contribution in [1.82, 2.24) is 0 Å². The zero-order chi connectivity index (χ0) is 10.8. The summed E-state index contributed by atoms with van der Waals surface area (Å²) in [5.41, 5.74) is 0.633. The van der Waals surface area contributed by atoms with E-state index in [1.54, 1.807) is 18.2 Å². The summed E-state index contributed by atoms with van der Waals surface area (Å²) in [6, 6.07) is 5.01. The van der Waals surface area contributed by atoms with Gasteiger partial charge in [-0.25, -0.2) is 0 Å². The number of ketones is 1. The van der Waals surface area contributed by atoms with Crippen LogP contribution in [-0.4, -0.2) is 5.78 Å². The Balaban J connectivity index is 2.02. The van der Waals surface area contributed by atoms with Gasteiger partial charge in [0.25, 0.3) is 0 Å². The molecule has 3 heteroatoms. The third kappa shape index (κ3) is 3.22. The molecular formula is C12H12Cl2O. The van der Waals surface area contributed by atoms with Crippen LogP contribution >= 0.6 is 23.2 Å². The molecule has 1 nitrogen and oxygen atoms in total. The van der Waals surface area contributed by atoms with Gasteiger partial charge in [-0.3, -0.25) is 4.79 Å². The van der Waals surface area contributed by atoms with Crippen molar-refractivity contribution in [3.63, 3.8) is 0 Å². The summed E-state index contributed by atoms with van der Waals surface area (Å²) in [7, 11) is 0. The molecular weight excluding hydrogens is 231 g/mol. The first-order valence-electron chi connectivity index (χ1n) is 5.14. The zero-order valence-corrected chi connectivity index (χ0v) is 9.81. The number of halogens is 2. The van der Waals surface area contributed by atoms with Crippen LogP contribution < -0.4 is 0 Å². The summed E-state index contributed by atoms with van der Waals surface area (Å²) >= 11 is 11.7. The van der Waals surface area contributed by atoms with Crippen LogP contribution in [-0.2, 0) is 0 Å². The number of rotatable bonds is 4. The molecule has 1 saturated carbocycles. The lowest BCUT2D eigenvalue weighted by molar-refractivity contribution is 0.0978. The van der Waals surface area contributed by atoms with E-state index in [0.29, 0.717) is 22.0 Å². The van der Waals surface area contributed by atoms with Gasteiger partial charge in [-0.2, -0.15) is 0 Å². The molecule has 15 heavy (non-hydrogen) atoms. The van der Waals surface area contributed by atoms with Crippen molar-refractivity contribution >= 4 is 29.0 Å². The van der Waals surface area contributed by atoms with Crippen molar-refractivity contribution in [1.29, 1.82) is 0 Å². The van der Waals surface area contributed by atoms with E-state index in [2.05, 4.69) is 0 Å². The van der Waals surface area contributed by atoms with E-state index < -0.39 is 0 Å². The maximum Gasteiger partial charge on any atom is 0.162 e. The fourth-order valence-corrected chi connectivity index (χ4v) is 2.13. The van der Waals surface area contributed by atoms with Crippen LogP contribution in [0, 0.1) is 5.92 Å². The number of Topliss-reactive ketones (excluding diaryl/α,β-unsaturated/α-hetero) is 1. The van der Waals surface area contributed by atoms with Crippen molar-refractivity contribution in [2.24, 2.45) is 5.92 Å². The molecule has 2 rings (SSSR count). The standard InChI is InChI=1S/C12H12Cl2O/c13-10-5-9(6-11(14)7-10)12(15)4-3-8-1-2-8/h5-8H,1-4H2. The largest absolute Gasteiger partial charge is 0.294 e. The maximum atomic E-state index is 11.8. The second-order valence-corrected chi connectivity index (χ2v) is 4.94. The van der Waals surface area contributed by atoms with Gasteiger partial charge in [0.05, 0.1) is 0 Å². The monoisotopic (exact) mass is 242 g/mol. The number of benzene rings is 1. The minimum absolute atomic E-state index is 0.145. The average molecular weight is 243 g/mol. The molecule has 1 aromatic rings. The van der Waals surface area contributed by atoms with E-state index >= 15 is 0 Å². The van der Waals surface area contributed by atoms with Gasteiger partial charge in [-0.15, -0.1) is 0 Å². The molecule has 0 unspecified atom stereocenters. The molecule has 1 aliphatic carbocycles. The lowest BCUT2D eigenvalue weighted by Crippen LogP contribution is -1.99. The van der Waals surface area contributed by atoms with Gasteiger partial charge in [0.15, 0.2) is 5.78 Å². The Kier molecular flexibility index (Phi) is 3.32. The van der Waals surface area contributed by atoms with Crippen LogP contribution in [0.2, 0.25) is 10.0 Å². The van der Waals surface area contributed by atoms with Crippen molar-refractivity contribution in [3.05, 3.63) is 33.8 Å². The van der Waals surface area contributed by atoms with Crippen LogP contribution in [0.1, 0.15) is 36.0 Å². The van der Waals surface area contributed by atoms with Gasteiger partial charge in [0, 0.05) is 22.0 Å². The van der Waals surface area contributed by atoms with Crippen LogP contribution in [0.3, 0.4) is 0 Å². The lowest BCUT2D eigenvalue weighted by Gasteiger charge is -2.02. The Morgan fingerprint density at radius 2 is 1.80 bits per heavy atom. The van der Waals surface area contributed by atoms with E-state index in [1.807, 2.05) is 0 Å². The van der Waals surface area contributed by atoms with Crippen LogP contribution in [0.25, 0.3) is 0 Å². The summed E-state index contributed by atoms with van der Waals surface area (Å²) in [5.74, 6) is 0.926. The second-order valence-electron chi connectivity index (χ2n) is 4.06. The smallest absolute Gasteiger partial charge is 0.162 e. The van der Waals surface area contributed by atoms with E-state index in [0.717, 1.165) is 12.3 Å². The molecule has 0 aromatic heterocycles. The molecule has 0 heterocycles. The Morgan fingerprint density at radius 3 is 2.33 bits per heavy atom. The topological polar surface area (TPSA) is 17.1 Å². The molecule has 1 fully saturated rings. The first-order chi connectivity index (χ1) is 7.15. The van der Waals surface area contributed by atoms with Gasteiger partial charge in [0.1, 0.15) is 0 Å². The molecule has 0 bridgehead atoms. The molecule has 1 aliphatic rings. The number of carbonyl (C=O) groups excluding carboxylic acids is 1. The van der Waals surface area contributed by atoms with Crippen molar-refractivity contribution in [2.75, 3.05) is 0 Å². The van der Waals surface area contributed by atoms with Gasteiger partial charge < -0.3 is 0 Å². The maximum absolute atomic E-state index is 11.8. The molecule has 1 aromatic carbocycles. The molecule has 0 amide bonds. The Hall–Kier alpha value is -0.530. The van der Waals surface area contributed by atoms with Gasteiger partial charge in [0.2, 0.25) is 0 Å². The first-order valence-corrected chi connectivity index (χ1v) is 5.90. The van der Waals surface area contributed by atoms with Gasteiger partial charge >= 0.3 is 0 Å². The molecule has 0 N–H and O–H groups in total. The van der Waals surface area contributed by atoms with E-state index in [-0.39, 0.29) is 5.78 Å². The fourth-order valence-electron chi connectivity index (χ4n) is 1.60. The summed E-state index contributed by atoms with van der Waals surface area (Å²) < 4.78 is 0. The molecule has 0 aliphatic heterocycles. The second kappa shape index (κ2) is 4.54. The number of carbonyl (C=O) groups is 1. The van der Waals surface area contributed by atoms with E-state index in [4.69, 9.17) is 23.2 Å². The third-order valence-corrected chi connectivity index (χ3v) is 3.10. The minimum Gasteiger partial charge on any atom is -0.294 e. The molecule has 80 valence electrons. The normalized spacial score (nSPS) is 15.3. The first kappa shape index (κ1) is 11.0. The van der Waals surface area contributed by atoms with Crippen LogP contribution in [0.4, 0.5) is 0 Å². The zero-order valence-electron chi connectivity index (χ0n) is 8.30. The summed E-state index contributed by atoms with van der Waals surface area (Å²) in [6.07, 6.45) is 4.18. The molecule has 0 saturated heterocycles. The fraction of sp³-hybridized carbons (Fsp3) is 0.417. The number of hydrogen-bond donors (Lipinski definition) is 0. The highest BCUT2D eigenvalue weighted by atomic mass is 35.5. The molecule has 0 spiro atoms. The van der Waals surface area contributed by atoms with Gasteiger partial charge in [-0.1, -0.05) is 36.0 Å². The summed E-state index contributed by atoms with van der Waals surface area (Å²) in [5, 5.41) is 1.05. The number of hydrogen-bond acceptors (Lipinski definition) is 1. The van der Waals surface area contributed by atoms with E-state index in [1.165, 1.54) is 12.8 Å². The Morgan fingerprint density at radius 1 is 1.20 bits per heavy atom. The Bertz CT molecular complexity index is 363. The molecule has 0 radical (unpaired) electrons. The van der Waals surface area contributed by atoms with Gasteiger partial charge in [-0.05, 0) is 30.5 Å². The van der Waals surface area contributed by atoms with Crippen molar-refractivity contribution < 1.29 is 4.79 Å². The van der Waals surface area contributed by atoms with Crippen LogP contribution in [0.5, 0.6) is 0 Å². The van der Waals surface area contributed by atoms with Crippen LogP contribution in [0.15, 0.2) is 18.2 Å². The minimum atomic E-state index is 0.145. The average Bonchev–Trinajstić information content (AvgIpc) is 2.96. The lowest BCUT2D eigenvalue weighted by atomic mass is 10.1. The predicted octanol–water partition coefficient (Wildman–Crippen LogP) is 4.37. The highest BCUT2D eigenvalue weighted by Gasteiger charge is 2.22. The third-order valence-electron chi connectivity index (χ3n) is 2.66. The Labute approximate surface area is 99.4 Å². The SMILES string of the molecule is O=C(CCC1CC1)c1cc(Cl)cc(Cl)c1.